The number of hydrogen-bond donors (Lipinski definition) is 1. The maximum absolute atomic E-state index is 11.0. The van der Waals surface area contributed by atoms with Crippen molar-refractivity contribution in [1.82, 2.24) is 4.98 Å². The Kier molecular flexibility index (Phi) is 2.74. The molecule has 3 rings (SSSR count). The first kappa shape index (κ1) is 11.8. The molecule has 0 spiro atoms. The SMILES string of the molecule is Cc1oc(-c2ccc3c(c2)CCCO3)nc1C(=O)O. The highest BCUT2D eigenvalue weighted by Gasteiger charge is 2.18. The summed E-state index contributed by atoms with van der Waals surface area (Å²) in [5.74, 6) is 0.463. The summed E-state index contributed by atoms with van der Waals surface area (Å²) in [6.07, 6.45) is 1.94. The fourth-order valence-corrected chi connectivity index (χ4v) is 2.21. The molecule has 0 radical (unpaired) electrons. The van der Waals surface area contributed by atoms with E-state index in [1.54, 1.807) is 6.92 Å². The van der Waals surface area contributed by atoms with E-state index in [0.29, 0.717) is 11.7 Å². The number of aromatic carboxylic acids is 1. The molecule has 5 heteroatoms. The monoisotopic (exact) mass is 259 g/mol. The van der Waals surface area contributed by atoms with Crippen LogP contribution in [0.4, 0.5) is 0 Å². The van der Waals surface area contributed by atoms with E-state index < -0.39 is 5.97 Å². The lowest BCUT2D eigenvalue weighted by molar-refractivity contribution is 0.0689. The normalized spacial score (nSPS) is 13.7. The van der Waals surface area contributed by atoms with Gasteiger partial charge in [-0.3, -0.25) is 0 Å². The van der Waals surface area contributed by atoms with Gasteiger partial charge in [-0.1, -0.05) is 0 Å². The number of aromatic nitrogens is 1. The Labute approximate surface area is 109 Å². The van der Waals surface area contributed by atoms with Gasteiger partial charge in [0, 0.05) is 5.56 Å². The molecule has 98 valence electrons. The van der Waals surface area contributed by atoms with E-state index in [1.807, 2.05) is 18.2 Å². The van der Waals surface area contributed by atoms with Crippen LogP contribution in [0.25, 0.3) is 11.5 Å². The number of carbonyl (C=O) groups is 1. The topological polar surface area (TPSA) is 72.6 Å². The fourth-order valence-electron chi connectivity index (χ4n) is 2.21. The lowest BCUT2D eigenvalue weighted by Crippen LogP contribution is -2.08. The fraction of sp³-hybridized carbons (Fsp3) is 0.286. The zero-order chi connectivity index (χ0) is 13.4. The van der Waals surface area contributed by atoms with Crippen LogP contribution in [0.1, 0.15) is 28.2 Å². The average Bonchev–Trinajstić information content (AvgIpc) is 2.80. The third-order valence-corrected chi connectivity index (χ3v) is 3.15. The largest absolute Gasteiger partial charge is 0.493 e. The summed E-state index contributed by atoms with van der Waals surface area (Å²) in [6, 6.07) is 5.66. The Hall–Kier alpha value is -2.30. The maximum Gasteiger partial charge on any atom is 0.358 e. The number of rotatable bonds is 2. The minimum absolute atomic E-state index is 0.0380. The predicted molar refractivity (Wildman–Crippen MR) is 67.5 cm³/mol. The summed E-state index contributed by atoms with van der Waals surface area (Å²) < 4.78 is 11.0. The van der Waals surface area contributed by atoms with Crippen LogP contribution in [0.15, 0.2) is 22.6 Å². The molecule has 1 aromatic carbocycles. The number of hydrogen-bond acceptors (Lipinski definition) is 4. The first-order valence-electron chi connectivity index (χ1n) is 6.12. The Morgan fingerprint density at radius 2 is 2.26 bits per heavy atom. The number of carboxylic acid groups (broad SMARTS) is 1. The second-order valence-corrected chi connectivity index (χ2v) is 4.50. The summed E-state index contributed by atoms with van der Waals surface area (Å²) in [6.45, 7) is 2.34. The molecule has 1 aromatic heterocycles. The highest BCUT2D eigenvalue weighted by Crippen LogP contribution is 2.30. The van der Waals surface area contributed by atoms with Gasteiger partial charge in [-0.25, -0.2) is 9.78 Å². The van der Waals surface area contributed by atoms with Crippen LogP contribution in [-0.4, -0.2) is 22.7 Å². The van der Waals surface area contributed by atoms with Gasteiger partial charge in [0.2, 0.25) is 5.89 Å². The molecule has 0 amide bonds. The number of oxazole rings is 1. The van der Waals surface area contributed by atoms with Crippen molar-refractivity contribution in [3.05, 3.63) is 35.2 Å². The van der Waals surface area contributed by atoms with Crippen molar-refractivity contribution >= 4 is 5.97 Å². The number of carboxylic acids is 1. The number of nitrogens with zero attached hydrogens (tertiary/aromatic N) is 1. The molecule has 1 aliphatic rings. The Morgan fingerprint density at radius 3 is 3.00 bits per heavy atom. The molecule has 0 saturated heterocycles. The van der Waals surface area contributed by atoms with Gasteiger partial charge in [0.15, 0.2) is 5.69 Å². The average molecular weight is 259 g/mol. The molecule has 2 heterocycles. The zero-order valence-corrected chi connectivity index (χ0v) is 10.5. The van der Waals surface area contributed by atoms with E-state index in [0.717, 1.165) is 36.3 Å². The van der Waals surface area contributed by atoms with Crippen molar-refractivity contribution in [3.63, 3.8) is 0 Å². The second-order valence-electron chi connectivity index (χ2n) is 4.50. The Balaban J connectivity index is 2.02. The van der Waals surface area contributed by atoms with Crippen molar-refractivity contribution in [1.29, 1.82) is 0 Å². The molecule has 0 aliphatic carbocycles. The maximum atomic E-state index is 11.0. The minimum Gasteiger partial charge on any atom is -0.493 e. The number of ether oxygens (including phenoxy) is 1. The molecule has 0 atom stereocenters. The van der Waals surface area contributed by atoms with Gasteiger partial charge in [-0.2, -0.15) is 0 Å². The molecular weight excluding hydrogens is 246 g/mol. The van der Waals surface area contributed by atoms with Crippen LogP contribution in [0, 0.1) is 6.92 Å². The third kappa shape index (κ3) is 2.07. The van der Waals surface area contributed by atoms with Crippen molar-refractivity contribution in [2.45, 2.75) is 19.8 Å². The van der Waals surface area contributed by atoms with E-state index in [1.165, 1.54) is 0 Å². The Morgan fingerprint density at radius 1 is 1.42 bits per heavy atom. The van der Waals surface area contributed by atoms with E-state index in [2.05, 4.69) is 4.98 Å². The molecular formula is C14H13NO4. The third-order valence-electron chi connectivity index (χ3n) is 3.15. The van der Waals surface area contributed by atoms with E-state index in [-0.39, 0.29) is 5.69 Å². The minimum atomic E-state index is -1.08. The highest BCUT2D eigenvalue weighted by atomic mass is 16.5. The summed E-state index contributed by atoms with van der Waals surface area (Å²) >= 11 is 0. The van der Waals surface area contributed by atoms with Gasteiger partial charge in [-0.15, -0.1) is 0 Å². The van der Waals surface area contributed by atoms with Crippen molar-refractivity contribution in [2.24, 2.45) is 0 Å². The summed E-state index contributed by atoms with van der Waals surface area (Å²) in [5, 5.41) is 8.98. The second kappa shape index (κ2) is 4.42. The van der Waals surface area contributed by atoms with E-state index >= 15 is 0 Å². The summed E-state index contributed by atoms with van der Waals surface area (Å²) in [7, 11) is 0. The van der Waals surface area contributed by atoms with Gasteiger partial charge in [-0.05, 0) is 43.5 Å². The highest BCUT2D eigenvalue weighted by molar-refractivity contribution is 5.87. The molecule has 2 aromatic rings. The number of fused-ring (bicyclic) bond motifs is 1. The summed E-state index contributed by atoms with van der Waals surface area (Å²) in [5.41, 5.74) is 1.85. The molecule has 0 saturated carbocycles. The molecule has 0 bridgehead atoms. The summed E-state index contributed by atoms with van der Waals surface area (Å²) in [4.78, 5) is 15.0. The van der Waals surface area contributed by atoms with Gasteiger partial charge in [0.1, 0.15) is 11.5 Å². The van der Waals surface area contributed by atoms with E-state index in [9.17, 15) is 4.79 Å². The van der Waals surface area contributed by atoms with Crippen LogP contribution < -0.4 is 4.74 Å². The van der Waals surface area contributed by atoms with Gasteiger partial charge in [0.05, 0.1) is 6.61 Å². The van der Waals surface area contributed by atoms with Crippen LogP contribution >= 0.6 is 0 Å². The van der Waals surface area contributed by atoms with Crippen molar-refractivity contribution in [3.8, 4) is 17.2 Å². The molecule has 0 unspecified atom stereocenters. The van der Waals surface area contributed by atoms with Crippen LogP contribution in [0.3, 0.4) is 0 Å². The quantitative estimate of drug-likeness (QED) is 0.897. The molecule has 5 nitrogen and oxygen atoms in total. The van der Waals surface area contributed by atoms with Crippen molar-refractivity contribution in [2.75, 3.05) is 6.61 Å². The standard InChI is InChI=1S/C14H13NO4/c1-8-12(14(16)17)15-13(19-8)10-4-5-11-9(7-10)3-2-6-18-11/h4-5,7H,2-3,6H2,1H3,(H,16,17). The van der Waals surface area contributed by atoms with Gasteiger partial charge >= 0.3 is 5.97 Å². The number of benzene rings is 1. The molecule has 19 heavy (non-hydrogen) atoms. The van der Waals surface area contributed by atoms with E-state index in [4.69, 9.17) is 14.3 Å². The Bertz CT molecular complexity index is 645. The van der Waals surface area contributed by atoms with Crippen LogP contribution in [-0.2, 0) is 6.42 Å². The predicted octanol–water partition coefficient (Wildman–Crippen LogP) is 2.67. The molecule has 1 aliphatic heterocycles. The first-order chi connectivity index (χ1) is 9.15. The lowest BCUT2D eigenvalue weighted by atomic mass is 10.0. The first-order valence-corrected chi connectivity index (χ1v) is 6.12. The van der Waals surface area contributed by atoms with Crippen molar-refractivity contribution < 1.29 is 19.1 Å². The van der Waals surface area contributed by atoms with Gasteiger partial charge in [0.25, 0.3) is 0 Å². The van der Waals surface area contributed by atoms with Gasteiger partial charge < -0.3 is 14.3 Å². The number of aryl methyl sites for hydroxylation is 2. The lowest BCUT2D eigenvalue weighted by Gasteiger charge is -2.17. The van der Waals surface area contributed by atoms with Crippen LogP contribution in [0.2, 0.25) is 0 Å². The zero-order valence-electron chi connectivity index (χ0n) is 10.5. The molecule has 0 fully saturated rings. The molecule has 1 N–H and O–H groups in total. The van der Waals surface area contributed by atoms with Crippen LogP contribution in [0.5, 0.6) is 5.75 Å². The smallest absolute Gasteiger partial charge is 0.358 e.